The van der Waals surface area contributed by atoms with E-state index in [0.29, 0.717) is 37.8 Å². The van der Waals surface area contributed by atoms with E-state index in [9.17, 15) is 19.2 Å². The zero-order valence-electron chi connectivity index (χ0n) is 14.6. The number of carbonyl (C=O) groups is 4. The maximum Gasteiger partial charge on any atom is 0.337 e. The van der Waals surface area contributed by atoms with Crippen molar-refractivity contribution in [1.29, 1.82) is 0 Å². The Hall–Kier alpha value is -1.58. The molecule has 2 unspecified atom stereocenters. The second-order valence-corrected chi connectivity index (χ2v) is 10.1. The minimum absolute atomic E-state index is 0.144. The van der Waals surface area contributed by atoms with Crippen molar-refractivity contribution in [3.8, 4) is 0 Å². The lowest BCUT2D eigenvalue weighted by Crippen LogP contribution is -2.40. The lowest BCUT2D eigenvalue weighted by Gasteiger charge is -2.28. The highest BCUT2D eigenvalue weighted by Gasteiger charge is 2.39. The van der Waals surface area contributed by atoms with Gasteiger partial charge in [-0.1, -0.05) is 12.8 Å². The van der Waals surface area contributed by atoms with Crippen LogP contribution in [-0.4, -0.2) is 46.7 Å². The minimum atomic E-state index is -2.44. The first-order valence-corrected chi connectivity index (χ1v) is 10.7. The molecule has 25 heavy (non-hydrogen) atoms. The van der Waals surface area contributed by atoms with Gasteiger partial charge in [-0.25, -0.2) is 0 Å². The molecule has 0 N–H and O–H groups in total. The molecule has 2 rings (SSSR count). The molecule has 2 fully saturated rings. The number of ether oxygens (including phenoxy) is 2. The van der Waals surface area contributed by atoms with Gasteiger partial charge in [0.25, 0.3) is 0 Å². The van der Waals surface area contributed by atoms with Crippen LogP contribution in [0.1, 0.15) is 38.5 Å². The average Bonchev–Trinajstić information content (AvgIpc) is 3.06. The van der Waals surface area contributed by atoms with E-state index in [1.807, 2.05) is 0 Å². The van der Waals surface area contributed by atoms with E-state index < -0.39 is 32.4 Å². The third-order valence-electron chi connectivity index (χ3n) is 4.89. The van der Waals surface area contributed by atoms with Gasteiger partial charge in [-0.05, 0) is 24.9 Å². The zero-order valence-corrected chi connectivity index (χ0v) is 15.6. The van der Waals surface area contributed by atoms with Crippen LogP contribution in [0.4, 0.5) is 0 Å². The molecule has 0 radical (unpaired) electrons. The maximum atomic E-state index is 11.5. The minimum Gasteiger partial charge on any atom is -0.398 e. The Bertz CT molecular complexity index is 498. The Morgan fingerprint density at radius 1 is 0.840 bits per heavy atom. The molecule has 2 heterocycles. The van der Waals surface area contributed by atoms with Crippen molar-refractivity contribution < 1.29 is 37.5 Å². The molecule has 0 aromatic heterocycles. The van der Waals surface area contributed by atoms with Crippen LogP contribution in [0.2, 0.25) is 12.1 Å². The second-order valence-electron chi connectivity index (χ2n) is 6.49. The average molecular weight is 372 g/mol. The fourth-order valence-corrected chi connectivity index (χ4v) is 6.05. The molecule has 0 spiro atoms. The molecule has 140 valence electrons. The quantitative estimate of drug-likeness (QED) is 0.322. The van der Waals surface area contributed by atoms with Crippen LogP contribution in [0.25, 0.3) is 0 Å². The molecule has 0 saturated carbocycles. The van der Waals surface area contributed by atoms with E-state index in [4.69, 9.17) is 8.85 Å². The highest BCUT2D eigenvalue weighted by molar-refractivity contribution is 6.67. The summed E-state index contributed by atoms with van der Waals surface area (Å²) in [5, 5.41) is 0. The SMILES string of the molecule is CO[Si](CCCC1CC(=O)OC1=O)(CCCC1CC(=O)OC1=O)OC. The van der Waals surface area contributed by atoms with Crippen LogP contribution >= 0.6 is 0 Å². The summed E-state index contributed by atoms with van der Waals surface area (Å²) in [7, 11) is 0.776. The highest BCUT2D eigenvalue weighted by Crippen LogP contribution is 2.29. The van der Waals surface area contributed by atoms with E-state index in [1.54, 1.807) is 14.2 Å². The summed E-state index contributed by atoms with van der Waals surface area (Å²) in [6.45, 7) is 0. The van der Waals surface area contributed by atoms with Gasteiger partial charge >= 0.3 is 32.4 Å². The summed E-state index contributed by atoms with van der Waals surface area (Å²) in [6.07, 6.45) is 2.82. The van der Waals surface area contributed by atoms with Gasteiger partial charge in [0.15, 0.2) is 0 Å². The molecule has 2 aliphatic rings. The molecule has 2 aliphatic heterocycles. The second kappa shape index (κ2) is 8.68. The predicted molar refractivity (Wildman–Crippen MR) is 86.3 cm³/mol. The van der Waals surface area contributed by atoms with Crippen molar-refractivity contribution in [1.82, 2.24) is 0 Å². The van der Waals surface area contributed by atoms with Gasteiger partial charge < -0.3 is 18.3 Å². The fraction of sp³-hybridized carbons (Fsp3) is 0.750. The predicted octanol–water partition coefficient (Wildman–Crippen LogP) is 1.46. The monoisotopic (exact) mass is 372 g/mol. The van der Waals surface area contributed by atoms with Crippen LogP contribution in [0.15, 0.2) is 0 Å². The van der Waals surface area contributed by atoms with Gasteiger partial charge in [-0.3, -0.25) is 19.2 Å². The maximum absolute atomic E-state index is 11.5. The molecule has 2 saturated heterocycles. The molecule has 0 aromatic carbocycles. The summed E-state index contributed by atoms with van der Waals surface area (Å²) in [6, 6.07) is 1.37. The Kier molecular flexibility index (Phi) is 6.85. The number of hydrogen-bond donors (Lipinski definition) is 0. The molecular weight excluding hydrogens is 348 g/mol. The molecule has 2 atom stereocenters. The number of carbonyl (C=O) groups excluding carboxylic acids is 4. The molecule has 0 aromatic rings. The van der Waals surface area contributed by atoms with Crippen molar-refractivity contribution in [3.05, 3.63) is 0 Å². The van der Waals surface area contributed by atoms with Crippen molar-refractivity contribution >= 4 is 32.4 Å². The first-order valence-electron chi connectivity index (χ1n) is 8.48. The van der Waals surface area contributed by atoms with Crippen molar-refractivity contribution in [2.45, 2.75) is 50.6 Å². The third kappa shape index (κ3) is 5.19. The topological polar surface area (TPSA) is 105 Å². The van der Waals surface area contributed by atoms with E-state index in [0.717, 1.165) is 0 Å². The van der Waals surface area contributed by atoms with Crippen LogP contribution in [0.5, 0.6) is 0 Å². The van der Waals surface area contributed by atoms with Gasteiger partial charge in [0.1, 0.15) is 0 Å². The normalized spacial score (nSPS) is 23.9. The molecule has 0 aliphatic carbocycles. The van der Waals surface area contributed by atoms with Crippen LogP contribution in [-0.2, 0) is 37.5 Å². The summed E-state index contributed by atoms with van der Waals surface area (Å²) in [5.74, 6) is -2.56. The van der Waals surface area contributed by atoms with E-state index in [-0.39, 0.29) is 24.7 Å². The van der Waals surface area contributed by atoms with Crippen molar-refractivity contribution in [2.24, 2.45) is 11.8 Å². The smallest absolute Gasteiger partial charge is 0.337 e. The van der Waals surface area contributed by atoms with Gasteiger partial charge in [-0.2, -0.15) is 0 Å². The zero-order chi connectivity index (χ0) is 18.4. The van der Waals surface area contributed by atoms with Crippen LogP contribution in [0.3, 0.4) is 0 Å². The first-order chi connectivity index (χ1) is 11.9. The molecule has 0 amide bonds. The summed E-state index contributed by atoms with van der Waals surface area (Å²) >= 11 is 0. The van der Waals surface area contributed by atoms with Gasteiger partial charge in [0.2, 0.25) is 0 Å². The Labute approximate surface area is 147 Å². The number of esters is 4. The van der Waals surface area contributed by atoms with Crippen molar-refractivity contribution in [3.63, 3.8) is 0 Å². The lowest BCUT2D eigenvalue weighted by molar-refractivity contribution is -0.154. The fourth-order valence-electron chi connectivity index (χ4n) is 3.34. The van der Waals surface area contributed by atoms with Gasteiger partial charge in [0, 0.05) is 14.2 Å². The van der Waals surface area contributed by atoms with E-state index >= 15 is 0 Å². The number of hydrogen-bond acceptors (Lipinski definition) is 8. The summed E-state index contributed by atoms with van der Waals surface area (Å²) in [4.78, 5) is 45.2. The third-order valence-corrected chi connectivity index (χ3v) is 8.60. The van der Waals surface area contributed by atoms with E-state index in [1.165, 1.54) is 0 Å². The van der Waals surface area contributed by atoms with Gasteiger partial charge in [-0.15, -0.1) is 0 Å². The van der Waals surface area contributed by atoms with Gasteiger partial charge in [0.05, 0.1) is 24.7 Å². The standard InChI is InChI=1S/C16H24O8Si/c1-21-25(22-2,7-3-5-11-9-13(17)23-15(11)19)8-4-6-12-10-14(18)24-16(12)20/h11-12H,3-10H2,1-2H3. The highest BCUT2D eigenvalue weighted by atomic mass is 28.4. The molecular formula is C16H24O8Si. The number of cyclic esters (lactones) is 4. The Morgan fingerprint density at radius 3 is 1.52 bits per heavy atom. The summed E-state index contributed by atoms with van der Waals surface area (Å²) < 4.78 is 20.4. The van der Waals surface area contributed by atoms with Crippen molar-refractivity contribution in [2.75, 3.05) is 14.2 Å². The van der Waals surface area contributed by atoms with Crippen LogP contribution < -0.4 is 0 Å². The molecule has 0 bridgehead atoms. The Balaban J connectivity index is 1.77. The van der Waals surface area contributed by atoms with E-state index in [2.05, 4.69) is 9.47 Å². The summed E-state index contributed by atoms with van der Waals surface area (Å²) in [5.41, 5.74) is 0. The van der Waals surface area contributed by atoms with Crippen LogP contribution in [0, 0.1) is 11.8 Å². The lowest BCUT2D eigenvalue weighted by atomic mass is 10.0. The Morgan fingerprint density at radius 2 is 1.24 bits per heavy atom. The molecule has 9 heteroatoms. The number of rotatable bonds is 10. The molecule has 8 nitrogen and oxygen atoms in total. The largest absolute Gasteiger partial charge is 0.398 e. The first kappa shape index (κ1) is 19.7.